The van der Waals surface area contributed by atoms with Gasteiger partial charge in [-0.05, 0) is 32.7 Å². The minimum absolute atomic E-state index is 0.380. The number of nitrogens with one attached hydrogen (secondary N) is 1. The molecule has 1 aliphatic heterocycles. The van der Waals surface area contributed by atoms with Gasteiger partial charge in [0.05, 0.1) is 6.20 Å². The van der Waals surface area contributed by atoms with E-state index in [2.05, 4.69) is 28.4 Å². The van der Waals surface area contributed by atoms with Crippen molar-refractivity contribution in [3.05, 3.63) is 18.0 Å². The lowest BCUT2D eigenvalue weighted by molar-refractivity contribution is 0.131. The van der Waals surface area contributed by atoms with Crippen molar-refractivity contribution in [3.63, 3.8) is 0 Å². The van der Waals surface area contributed by atoms with Gasteiger partial charge < -0.3 is 5.32 Å². The normalized spacial score (nSPS) is 27.6. The third-order valence-corrected chi connectivity index (χ3v) is 5.15. The van der Waals surface area contributed by atoms with Crippen LogP contribution in [0.3, 0.4) is 0 Å². The van der Waals surface area contributed by atoms with Crippen LogP contribution in [0.2, 0.25) is 0 Å². The van der Waals surface area contributed by atoms with Gasteiger partial charge in [0, 0.05) is 43.5 Å². The predicted octanol–water partition coefficient (Wildman–Crippen LogP) is 2.31. The second kappa shape index (κ2) is 5.86. The Morgan fingerprint density at radius 1 is 1.35 bits per heavy atom. The Labute approximate surface area is 122 Å². The molecule has 0 radical (unpaired) electrons. The van der Waals surface area contributed by atoms with Gasteiger partial charge in [0.1, 0.15) is 0 Å². The summed E-state index contributed by atoms with van der Waals surface area (Å²) in [7, 11) is 2.00. The third kappa shape index (κ3) is 3.07. The molecule has 4 nitrogen and oxygen atoms in total. The molecule has 20 heavy (non-hydrogen) atoms. The molecule has 2 aliphatic rings. The first-order chi connectivity index (χ1) is 9.67. The summed E-state index contributed by atoms with van der Waals surface area (Å²) in [6, 6.07) is 0.656. The highest BCUT2D eigenvalue weighted by molar-refractivity contribution is 5.05. The van der Waals surface area contributed by atoms with E-state index in [1.165, 1.54) is 57.2 Å². The summed E-state index contributed by atoms with van der Waals surface area (Å²) < 4.78 is 1.91. The topological polar surface area (TPSA) is 33.1 Å². The fraction of sp³-hybridized carbons (Fsp3) is 0.812. The van der Waals surface area contributed by atoms with E-state index in [4.69, 9.17) is 0 Å². The monoisotopic (exact) mass is 276 g/mol. The first-order valence-corrected chi connectivity index (χ1v) is 8.13. The first-order valence-electron chi connectivity index (χ1n) is 8.13. The molecule has 0 bridgehead atoms. The van der Waals surface area contributed by atoms with E-state index >= 15 is 0 Å². The molecule has 1 unspecified atom stereocenters. The van der Waals surface area contributed by atoms with Crippen LogP contribution >= 0.6 is 0 Å². The standard InChI is InChI=1S/C16H28N4/c1-14-6-9-17-16(7-4-3-5-8-16)13-20(14)12-15-10-18-19(2)11-15/h10-11,14,17H,3-9,12-13H2,1-2H3. The Morgan fingerprint density at radius 2 is 2.15 bits per heavy atom. The van der Waals surface area contributed by atoms with Crippen LogP contribution in [0, 0.1) is 0 Å². The first kappa shape index (κ1) is 14.1. The second-order valence-corrected chi connectivity index (χ2v) is 6.83. The van der Waals surface area contributed by atoms with Crippen molar-refractivity contribution in [1.82, 2.24) is 20.0 Å². The highest BCUT2D eigenvalue weighted by atomic mass is 15.3. The SMILES string of the molecule is CC1CCNC2(CCCCC2)CN1Cc1cnn(C)c1. The molecule has 3 rings (SSSR count). The third-order valence-electron chi connectivity index (χ3n) is 5.15. The predicted molar refractivity (Wildman–Crippen MR) is 81.5 cm³/mol. The number of nitrogens with zero attached hydrogens (tertiary/aromatic N) is 3. The highest BCUT2D eigenvalue weighted by Gasteiger charge is 2.36. The summed E-state index contributed by atoms with van der Waals surface area (Å²) >= 11 is 0. The van der Waals surface area contributed by atoms with E-state index < -0.39 is 0 Å². The molecular formula is C16H28N4. The molecule has 2 fully saturated rings. The molecule has 0 aromatic carbocycles. The summed E-state index contributed by atoms with van der Waals surface area (Å²) in [6.07, 6.45) is 12.3. The molecule has 1 saturated carbocycles. The highest BCUT2D eigenvalue weighted by Crippen LogP contribution is 2.31. The van der Waals surface area contributed by atoms with Crippen LogP contribution in [-0.4, -0.2) is 39.4 Å². The number of hydrogen-bond donors (Lipinski definition) is 1. The van der Waals surface area contributed by atoms with Crippen LogP contribution in [-0.2, 0) is 13.6 Å². The molecule has 1 aliphatic carbocycles. The smallest absolute Gasteiger partial charge is 0.0534 e. The Morgan fingerprint density at radius 3 is 2.85 bits per heavy atom. The minimum atomic E-state index is 0.380. The minimum Gasteiger partial charge on any atom is -0.310 e. The molecule has 1 saturated heterocycles. The number of aromatic nitrogens is 2. The van der Waals surface area contributed by atoms with Crippen LogP contribution in [0.5, 0.6) is 0 Å². The summed E-state index contributed by atoms with van der Waals surface area (Å²) in [6.45, 7) is 5.78. The van der Waals surface area contributed by atoms with Gasteiger partial charge in [-0.15, -0.1) is 0 Å². The van der Waals surface area contributed by atoms with Gasteiger partial charge >= 0.3 is 0 Å². The number of hydrogen-bond acceptors (Lipinski definition) is 3. The van der Waals surface area contributed by atoms with Gasteiger partial charge in [-0.3, -0.25) is 9.58 Å². The maximum atomic E-state index is 4.31. The lowest BCUT2D eigenvalue weighted by Crippen LogP contribution is -2.53. The van der Waals surface area contributed by atoms with E-state index in [1.807, 2.05) is 17.9 Å². The molecule has 1 atom stereocenters. The molecule has 4 heteroatoms. The van der Waals surface area contributed by atoms with E-state index in [0.29, 0.717) is 11.6 Å². The van der Waals surface area contributed by atoms with E-state index in [0.717, 1.165) is 6.54 Å². The lowest BCUT2D eigenvalue weighted by atomic mass is 9.81. The largest absolute Gasteiger partial charge is 0.310 e. The van der Waals surface area contributed by atoms with Crippen LogP contribution in [0.1, 0.15) is 51.0 Å². The second-order valence-electron chi connectivity index (χ2n) is 6.83. The molecule has 0 amide bonds. The molecular weight excluding hydrogens is 248 g/mol. The zero-order chi connectivity index (χ0) is 14.0. The molecule has 2 heterocycles. The molecule has 112 valence electrons. The van der Waals surface area contributed by atoms with E-state index in [-0.39, 0.29) is 0 Å². The van der Waals surface area contributed by atoms with Gasteiger partial charge in [0.25, 0.3) is 0 Å². The van der Waals surface area contributed by atoms with Gasteiger partial charge in [-0.25, -0.2) is 0 Å². The van der Waals surface area contributed by atoms with Crippen LogP contribution in [0.25, 0.3) is 0 Å². The Bertz CT molecular complexity index is 433. The zero-order valence-corrected chi connectivity index (χ0v) is 12.9. The number of rotatable bonds is 2. The van der Waals surface area contributed by atoms with Crippen molar-refractivity contribution in [2.24, 2.45) is 7.05 Å². The Kier molecular flexibility index (Phi) is 4.13. The maximum Gasteiger partial charge on any atom is 0.0534 e. The summed E-state index contributed by atoms with van der Waals surface area (Å²) in [4.78, 5) is 2.67. The van der Waals surface area contributed by atoms with E-state index in [9.17, 15) is 0 Å². The van der Waals surface area contributed by atoms with Gasteiger partial charge in [-0.2, -0.15) is 5.10 Å². The molecule has 1 aromatic heterocycles. The number of aryl methyl sites for hydroxylation is 1. The Hall–Kier alpha value is -0.870. The van der Waals surface area contributed by atoms with Crippen molar-refractivity contribution < 1.29 is 0 Å². The van der Waals surface area contributed by atoms with Crippen molar-refractivity contribution >= 4 is 0 Å². The van der Waals surface area contributed by atoms with Crippen LogP contribution in [0.4, 0.5) is 0 Å². The molecule has 1 N–H and O–H groups in total. The lowest BCUT2D eigenvalue weighted by Gasteiger charge is -2.41. The fourth-order valence-electron chi connectivity index (χ4n) is 3.89. The fourth-order valence-corrected chi connectivity index (χ4v) is 3.89. The van der Waals surface area contributed by atoms with Crippen molar-refractivity contribution in [2.75, 3.05) is 13.1 Å². The summed E-state index contributed by atoms with van der Waals surface area (Å²) in [5.41, 5.74) is 1.72. The Balaban J connectivity index is 1.72. The van der Waals surface area contributed by atoms with E-state index in [1.54, 1.807) is 0 Å². The van der Waals surface area contributed by atoms with Crippen LogP contribution in [0.15, 0.2) is 12.4 Å². The van der Waals surface area contributed by atoms with Crippen molar-refractivity contribution in [2.45, 2.75) is 63.6 Å². The van der Waals surface area contributed by atoms with Gasteiger partial charge in [-0.1, -0.05) is 19.3 Å². The summed E-state index contributed by atoms with van der Waals surface area (Å²) in [5.74, 6) is 0. The molecule has 1 spiro atoms. The van der Waals surface area contributed by atoms with Crippen molar-refractivity contribution in [1.29, 1.82) is 0 Å². The average molecular weight is 276 g/mol. The maximum absolute atomic E-state index is 4.31. The van der Waals surface area contributed by atoms with Crippen LogP contribution < -0.4 is 5.32 Å². The average Bonchev–Trinajstić information content (AvgIpc) is 2.78. The van der Waals surface area contributed by atoms with Crippen molar-refractivity contribution in [3.8, 4) is 0 Å². The van der Waals surface area contributed by atoms with Gasteiger partial charge in [0.15, 0.2) is 0 Å². The quantitative estimate of drug-likeness (QED) is 0.900. The zero-order valence-electron chi connectivity index (χ0n) is 12.9. The summed E-state index contributed by atoms with van der Waals surface area (Å²) in [5, 5.41) is 8.19. The van der Waals surface area contributed by atoms with Gasteiger partial charge in [0.2, 0.25) is 0 Å². The molecule has 1 aromatic rings.